The topological polar surface area (TPSA) is 66.9 Å². The van der Waals surface area contributed by atoms with Crippen LogP contribution < -0.4 is 5.73 Å². The molecule has 1 fully saturated rings. The monoisotopic (exact) mass is 316 g/mol. The lowest BCUT2D eigenvalue weighted by atomic mass is 9.94. The third-order valence-corrected chi connectivity index (χ3v) is 4.15. The quantitative estimate of drug-likeness (QED) is 0.504. The zero-order valence-corrected chi connectivity index (χ0v) is 12.5. The second-order valence-electron chi connectivity index (χ2n) is 5.38. The Balaban J connectivity index is 2.04. The fraction of sp³-hybridized carbons (Fsp3) is 0.176. The third kappa shape index (κ3) is 2.50. The van der Waals surface area contributed by atoms with E-state index in [0.717, 1.165) is 18.4 Å². The van der Waals surface area contributed by atoms with Crippen LogP contribution in [-0.2, 0) is 0 Å². The number of nitrogens with two attached hydrogens (primary N) is 1. The number of carbonyl (C=O) groups excluding carboxylic acids is 1. The Morgan fingerprint density at radius 1 is 1.23 bits per heavy atom. The van der Waals surface area contributed by atoms with Gasteiger partial charge in [0.2, 0.25) is 5.78 Å². The fourth-order valence-electron chi connectivity index (χ4n) is 2.52. The second kappa shape index (κ2) is 5.54. The van der Waals surface area contributed by atoms with Gasteiger partial charge in [-0.1, -0.05) is 35.9 Å². The number of benzene rings is 2. The number of anilines is 1. The van der Waals surface area contributed by atoms with Crippen LogP contribution in [-0.4, -0.2) is 11.5 Å². The molecule has 0 unspecified atom stereocenters. The highest BCUT2D eigenvalue weighted by atomic mass is 35.5. The number of nitrogens with one attached hydrogen (secondary N) is 1. The average Bonchev–Trinajstić information content (AvgIpc) is 3.33. The van der Waals surface area contributed by atoms with E-state index in [0.29, 0.717) is 16.5 Å². The minimum atomic E-state index is -0.642. The highest BCUT2D eigenvalue weighted by molar-refractivity contribution is 6.53. The minimum absolute atomic E-state index is 0.0895. The van der Waals surface area contributed by atoms with Crippen molar-refractivity contribution in [1.82, 2.24) is 0 Å². The van der Waals surface area contributed by atoms with E-state index >= 15 is 0 Å². The van der Waals surface area contributed by atoms with E-state index in [9.17, 15) is 9.18 Å². The molecular formula is C17H14ClFN2O. The van der Waals surface area contributed by atoms with Crippen LogP contribution in [0.4, 0.5) is 10.1 Å². The molecule has 0 aromatic heterocycles. The van der Waals surface area contributed by atoms with Gasteiger partial charge in [0.1, 0.15) is 11.5 Å². The van der Waals surface area contributed by atoms with Crippen molar-refractivity contribution in [1.29, 1.82) is 5.41 Å². The maximum absolute atomic E-state index is 13.5. The summed E-state index contributed by atoms with van der Waals surface area (Å²) in [6, 6.07) is 9.38. The lowest BCUT2D eigenvalue weighted by Crippen LogP contribution is -2.19. The summed E-state index contributed by atoms with van der Waals surface area (Å²) in [7, 11) is 0. The van der Waals surface area contributed by atoms with Gasteiger partial charge in [0.05, 0.1) is 10.7 Å². The molecule has 0 aliphatic heterocycles. The van der Waals surface area contributed by atoms with Crippen LogP contribution in [0.3, 0.4) is 0 Å². The van der Waals surface area contributed by atoms with E-state index in [2.05, 4.69) is 0 Å². The molecule has 3 N–H and O–H groups in total. The molecule has 2 aromatic rings. The minimum Gasteiger partial charge on any atom is -0.396 e. The molecule has 112 valence electrons. The van der Waals surface area contributed by atoms with Crippen molar-refractivity contribution in [2.45, 2.75) is 18.8 Å². The van der Waals surface area contributed by atoms with Crippen molar-refractivity contribution in [3.63, 3.8) is 0 Å². The summed E-state index contributed by atoms with van der Waals surface area (Å²) in [5, 5.41) is 8.42. The van der Waals surface area contributed by atoms with E-state index in [1.807, 2.05) is 6.07 Å². The first-order chi connectivity index (χ1) is 10.5. The number of ketones is 1. The highest BCUT2D eigenvalue weighted by Crippen LogP contribution is 2.43. The summed E-state index contributed by atoms with van der Waals surface area (Å²) < 4.78 is 13.5. The fourth-order valence-corrected chi connectivity index (χ4v) is 2.78. The van der Waals surface area contributed by atoms with Crippen molar-refractivity contribution in [3.05, 3.63) is 63.9 Å². The molecule has 0 saturated heterocycles. The largest absolute Gasteiger partial charge is 0.396 e. The smallest absolute Gasteiger partial charge is 0.213 e. The lowest BCUT2D eigenvalue weighted by Gasteiger charge is -2.12. The van der Waals surface area contributed by atoms with E-state index in [4.69, 9.17) is 22.7 Å². The predicted octanol–water partition coefficient (Wildman–Crippen LogP) is 4.19. The zero-order chi connectivity index (χ0) is 15.9. The van der Waals surface area contributed by atoms with E-state index in [1.54, 1.807) is 12.1 Å². The Bertz CT molecular complexity index is 784. The number of hydrogen-bond acceptors (Lipinski definition) is 3. The number of carbonyl (C=O) groups is 1. The van der Waals surface area contributed by atoms with E-state index < -0.39 is 11.6 Å². The van der Waals surface area contributed by atoms with Gasteiger partial charge >= 0.3 is 0 Å². The maximum atomic E-state index is 13.5. The second-order valence-corrected chi connectivity index (χ2v) is 5.79. The number of Topliss-reactive ketones (excluding diaryl/α,β-unsaturated/α-hetero) is 1. The molecule has 0 heterocycles. The average molecular weight is 317 g/mol. The molecule has 1 saturated carbocycles. The molecule has 5 heteroatoms. The van der Waals surface area contributed by atoms with Gasteiger partial charge in [0, 0.05) is 11.1 Å². The third-order valence-electron chi connectivity index (χ3n) is 3.84. The van der Waals surface area contributed by atoms with Crippen molar-refractivity contribution in [2.75, 3.05) is 5.73 Å². The molecule has 0 bridgehead atoms. The Hall–Kier alpha value is -2.20. The van der Waals surface area contributed by atoms with Gasteiger partial charge in [0.15, 0.2) is 0 Å². The van der Waals surface area contributed by atoms with Crippen LogP contribution in [0.5, 0.6) is 0 Å². The Labute approximate surface area is 132 Å². The molecular weight excluding hydrogens is 303 g/mol. The van der Waals surface area contributed by atoms with Gasteiger partial charge in [-0.3, -0.25) is 10.2 Å². The Morgan fingerprint density at radius 3 is 2.59 bits per heavy atom. The summed E-state index contributed by atoms with van der Waals surface area (Å²) in [4.78, 5) is 12.7. The molecule has 3 rings (SSSR count). The first-order valence-corrected chi connectivity index (χ1v) is 7.34. The molecule has 2 aromatic carbocycles. The van der Waals surface area contributed by atoms with Crippen LogP contribution in [0.15, 0.2) is 36.4 Å². The highest BCUT2D eigenvalue weighted by Gasteiger charge is 2.31. The van der Waals surface area contributed by atoms with Gasteiger partial charge < -0.3 is 5.73 Å². The molecule has 0 atom stereocenters. The van der Waals surface area contributed by atoms with Gasteiger partial charge in [0.25, 0.3) is 0 Å². The lowest BCUT2D eigenvalue weighted by molar-refractivity contribution is 0.106. The van der Waals surface area contributed by atoms with Gasteiger partial charge in [-0.05, 0) is 36.5 Å². The summed E-state index contributed by atoms with van der Waals surface area (Å²) in [5.41, 5.74) is 6.39. The van der Waals surface area contributed by atoms with Crippen LogP contribution in [0, 0.1) is 11.2 Å². The number of hydrogen-bond donors (Lipinski definition) is 2. The Morgan fingerprint density at radius 2 is 1.91 bits per heavy atom. The predicted molar refractivity (Wildman–Crippen MR) is 85.4 cm³/mol. The molecule has 3 nitrogen and oxygen atoms in total. The number of rotatable bonds is 4. The first-order valence-electron chi connectivity index (χ1n) is 6.96. The van der Waals surface area contributed by atoms with E-state index in [-0.39, 0.29) is 17.0 Å². The summed E-state index contributed by atoms with van der Waals surface area (Å²) >= 11 is 6.18. The van der Waals surface area contributed by atoms with Crippen LogP contribution in [0.1, 0.15) is 40.2 Å². The molecule has 1 aliphatic carbocycles. The van der Waals surface area contributed by atoms with Crippen molar-refractivity contribution >= 4 is 28.8 Å². The zero-order valence-electron chi connectivity index (χ0n) is 11.7. The van der Waals surface area contributed by atoms with Gasteiger partial charge in [-0.2, -0.15) is 0 Å². The number of halogens is 2. The van der Waals surface area contributed by atoms with Crippen LogP contribution >= 0.6 is 11.6 Å². The first kappa shape index (κ1) is 14.7. The maximum Gasteiger partial charge on any atom is 0.213 e. The van der Waals surface area contributed by atoms with Crippen LogP contribution in [0.25, 0.3) is 0 Å². The summed E-state index contributed by atoms with van der Waals surface area (Å²) in [5.74, 6) is -0.850. The van der Waals surface area contributed by atoms with Crippen molar-refractivity contribution in [3.8, 4) is 0 Å². The van der Waals surface area contributed by atoms with Crippen molar-refractivity contribution < 1.29 is 9.18 Å². The Kier molecular flexibility index (Phi) is 3.71. The normalized spacial score (nSPS) is 13.9. The number of nitrogen functional groups attached to an aromatic ring is 1. The van der Waals surface area contributed by atoms with Gasteiger partial charge in [-0.15, -0.1) is 0 Å². The molecule has 0 amide bonds. The molecule has 1 aliphatic rings. The SMILES string of the molecule is N=C(C(=O)c1c(Cl)cccc1C1CC1)c1cccc(F)c1N. The van der Waals surface area contributed by atoms with Crippen molar-refractivity contribution in [2.24, 2.45) is 0 Å². The van der Waals surface area contributed by atoms with Gasteiger partial charge in [-0.25, -0.2) is 4.39 Å². The summed E-state index contributed by atoms with van der Waals surface area (Å²) in [6.07, 6.45) is 2.02. The van der Waals surface area contributed by atoms with Crippen LogP contribution in [0.2, 0.25) is 5.02 Å². The number of para-hydroxylation sites is 1. The summed E-state index contributed by atoms with van der Waals surface area (Å²) in [6.45, 7) is 0. The molecule has 22 heavy (non-hydrogen) atoms. The van der Waals surface area contributed by atoms with E-state index in [1.165, 1.54) is 18.2 Å². The molecule has 0 radical (unpaired) electrons. The molecule has 0 spiro atoms. The standard InChI is InChI=1S/C17H14ClFN2O/c18-12-5-1-3-10(9-7-8-9)14(12)17(22)16(21)11-4-2-6-13(19)15(11)20/h1-6,9,21H,7-8,20H2.